The summed E-state index contributed by atoms with van der Waals surface area (Å²) in [6.45, 7) is 0. The van der Waals surface area contributed by atoms with Crippen molar-refractivity contribution in [2.24, 2.45) is 0 Å². The fraction of sp³-hybridized carbons (Fsp3) is 0.429. The molecule has 0 aromatic carbocycles. The topological polar surface area (TPSA) is 9.23 Å². The first-order valence-electron chi connectivity index (χ1n) is 2.98. The number of allylic oxidation sites excluding steroid dienone is 2. The minimum Gasteiger partial charge on any atom is -0.494 e. The predicted molar refractivity (Wildman–Crippen MR) is 41.6 cm³/mol. The Balaban J connectivity index is 2.28. The van der Waals surface area contributed by atoms with Crippen molar-refractivity contribution in [3.05, 3.63) is 24.5 Å². The lowest BCUT2D eigenvalue weighted by atomic mass is 10.2. The second-order valence-corrected chi connectivity index (χ2v) is 2.66. The zero-order valence-electron chi connectivity index (χ0n) is 5.09. The summed E-state index contributed by atoms with van der Waals surface area (Å²) in [5, 5.41) is 0.996. The molecular weight excluding hydrogens is 180 g/mol. The normalized spacial score (nSPS) is 23.9. The zero-order valence-corrected chi connectivity index (χ0v) is 6.67. The summed E-state index contributed by atoms with van der Waals surface area (Å²) in [7, 11) is 0. The molecule has 1 nitrogen and oxygen atoms in total. The smallest absolute Gasteiger partial charge is 0.117 e. The second-order valence-electron chi connectivity index (χ2n) is 1.87. The van der Waals surface area contributed by atoms with Gasteiger partial charge in [0.15, 0.2) is 0 Å². The van der Waals surface area contributed by atoms with Gasteiger partial charge in [-0.1, -0.05) is 22.0 Å². The van der Waals surface area contributed by atoms with E-state index < -0.39 is 0 Å². The lowest BCUT2D eigenvalue weighted by molar-refractivity contribution is 0.181. The van der Waals surface area contributed by atoms with Crippen LogP contribution in [0.2, 0.25) is 0 Å². The van der Waals surface area contributed by atoms with Crippen LogP contribution in [-0.4, -0.2) is 11.4 Å². The number of halogens is 1. The first-order chi connectivity index (χ1) is 4.43. The maximum Gasteiger partial charge on any atom is 0.117 e. The Morgan fingerprint density at radius 2 is 2.33 bits per heavy atom. The highest BCUT2D eigenvalue weighted by atomic mass is 79.9. The Kier molecular flexibility index (Phi) is 2.84. The van der Waals surface area contributed by atoms with Crippen LogP contribution in [0.4, 0.5) is 0 Å². The van der Waals surface area contributed by atoms with Crippen LogP contribution in [0, 0.1) is 0 Å². The maximum atomic E-state index is 5.22. The van der Waals surface area contributed by atoms with Gasteiger partial charge in [0, 0.05) is 5.33 Å². The predicted octanol–water partition coefficient (Wildman–Crippen LogP) is 2.24. The Labute approximate surface area is 63.5 Å². The van der Waals surface area contributed by atoms with E-state index in [0.717, 1.165) is 11.8 Å². The molecule has 1 aliphatic rings. The fourth-order valence-electron chi connectivity index (χ4n) is 0.697. The molecule has 0 aromatic heterocycles. The molecule has 1 atom stereocenters. The lowest BCUT2D eigenvalue weighted by Crippen LogP contribution is -2.07. The van der Waals surface area contributed by atoms with Crippen LogP contribution < -0.4 is 0 Å². The van der Waals surface area contributed by atoms with Crippen LogP contribution in [0.1, 0.15) is 6.42 Å². The molecule has 0 N–H and O–H groups in total. The lowest BCUT2D eigenvalue weighted by Gasteiger charge is -2.12. The second kappa shape index (κ2) is 3.72. The van der Waals surface area contributed by atoms with E-state index in [1.165, 1.54) is 0 Å². The largest absolute Gasteiger partial charge is 0.494 e. The molecule has 1 rings (SSSR count). The van der Waals surface area contributed by atoms with Gasteiger partial charge in [0.1, 0.15) is 6.10 Å². The monoisotopic (exact) mass is 188 g/mol. The van der Waals surface area contributed by atoms with Gasteiger partial charge in [-0.05, 0) is 18.6 Å². The van der Waals surface area contributed by atoms with E-state index in [1.807, 2.05) is 12.2 Å². The highest BCUT2D eigenvalue weighted by Crippen LogP contribution is 2.07. The van der Waals surface area contributed by atoms with Crippen LogP contribution in [0.25, 0.3) is 0 Å². The number of ether oxygens (including phenoxy) is 1. The summed E-state index contributed by atoms with van der Waals surface area (Å²) in [4.78, 5) is 0. The maximum absolute atomic E-state index is 5.22. The van der Waals surface area contributed by atoms with Gasteiger partial charge in [0.25, 0.3) is 0 Å². The minimum atomic E-state index is 0.286. The van der Waals surface area contributed by atoms with E-state index in [1.54, 1.807) is 6.26 Å². The molecule has 50 valence electrons. The number of rotatable bonds is 2. The number of hydrogen-bond acceptors (Lipinski definition) is 1. The molecule has 0 amide bonds. The van der Waals surface area contributed by atoms with E-state index in [2.05, 4.69) is 22.0 Å². The van der Waals surface area contributed by atoms with Gasteiger partial charge in [-0.15, -0.1) is 0 Å². The summed E-state index contributed by atoms with van der Waals surface area (Å²) in [5.74, 6) is 0. The molecule has 0 spiro atoms. The summed E-state index contributed by atoms with van der Waals surface area (Å²) < 4.78 is 5.22. The van der Waals surface area contributed by atoms with Crippen molar-refractivity contribution in [2.75, 3.05) is 5.33 Å². The molecule has 0 aromatic rings. The molecule has 2 heteroatoms. The molecule has 0 radical (unpaired) electrons. The molecule has 9 heavy (non-hydrogen) atoms. The summed E-state index contributed by atoms with van der Waals surface area (Å²) in [6, 6.07) is 0. The van der Waals surface area contributed by atoms with E-state index >= 15 is 0 Å². The van der Waals surface area contributed by atoms with Gasteiger partial charge >= 0.3 is 0 Å². The highest BCUT2D eigenvalue weighted by molar-refractivity contribution is 9.09. The summed E-state index contributed by atoms with van der Waals surface area (Å²) in [6.07, 6.45) is 9.02. The molecule has 1 heterocycles. The van der Waals surface area contributed by atoms with Crippen LogP contribution in [0.3, 0.4) is 0 Å². The Morgan fingerprint density at radius 3 is 2.89 bits per heavy atom. The summed E-state index contributed by atoms with van der Waals surface area (Å²) in [5.41, 5.74) is 0. The van der Waals surface area contributed by atoms with Crippen molar-refractivity contribution in [2.45, 2.75) is 12.5 Å². The molecule has 0 aliphatic carbocycles. The third-order valence-corrected chi connectivity index (χ3v) is 1.62. The van der Waals surface area contributed by atoms with Gasteiger partial charge in [0.05, 0.1) is 6.26 Å². The van der Waals surface area contributed by atoms with Gasteiger partial charge in [0.2, 0.25) is 0 Å². The van der Waals surface area contributed by atoms with Crippen LogP contribution in [0.5, 0.6) is 0 Å². The van der Waals surface area contributed by atoms with Crippen molar-refractivity contribution in [3.63, 3.8) is 0 Å². The molecular formula is C7H9BrO. The number of alkyl halides is 1. The molecule has 0 bridgehead atoms. The molecule has 1 aliphatic heterocycles. The van der Waals surface area contributed by atoms with Crippen LogP contribution >= 0.6 is 15.9 Å². The standard InChI is InChI=1S/C7H9BrO/c8-5-4-7-3-1-2-6-9-7/h1-3,6-7H,4-5H2/t7-/m1/s1. The van der Waals surface area contributed by atoms with Gasteiger partial charge in [-0.25, -0.2) is 0 Å². The fourth-order valence-corrected chi connectivity index (χ4v) is 1.15. The van der Waals surface area contributed by atoms with E-state index in [4.69, 9.17) is 4.74 Å². The van der Waals surface area contributed by atoms with Gasteiger partial charge in [-0.2, -0.15) is 0 Å². The van der Waals surface area contributed by atoms with E-state index in [9.17, 15) is 0 Å². The van der Waals surface area contributed by atoms with Gasteiger partial charge in [-0.3, -0.25) is 0 Å². The van der Waals surface area contributed by atoms with Crippen molar-refractivity contribution in [3.8, 4) is 0 Å². The Bertz CT molecular complexity index is 129. The van der Waals surface area contributed by atoms with Crippen molar-refractivity contribution in [1.29, 1.82) is 0 Å². The Morgan fingerprint density at radius 1 is 1.44 bits per heavy atom. The first kappa shape index (κ1) is 6.87. The van der Waals surface area contributed by atoms with Crippen LogP contribution in [-0.2, 0) is 4.74 Å². The minimum absolute atomic E-state index is 0.286. The van der Waals surface area contributed by atoms with Crippen molar-refractivity contribution < 1.29 is 4.74 Å². The molecule has 0 unspecified atom stereocenters. The van der Waals surface area contributed by atoms with Crippen molar-refractivity contribution in [1.82, 2.24) is 0 Å². The third kappa shape index (κ3) is 2.22. The quantitative estimate of drug-likeness (QED) is 0.605. The van der Waals surface area contributed by atoms with Crippen molar-refractivity contribution >= 4 is 15.9 Å². The average molecular weight is 189 g/mol. The molecule has 0 saturated heterocycles. The number of hydrogen-bond donors (Lipinski definition) is 0. The SMILES string of the molecule is BrCC[C@H]1C=CC=CO1. The van der Waals surface area contributed by atoms with Gasteiger partial charge < -0.3 is 4.74 Å². The summed E-state index contributed by atoms with van der Waals surface area (Å²) >= 11 is 3.35. The molecule has 0 saturated carbocycles. The molecule has 0 fully saturated rings. The highest BCUT2D eigenvalue weighted by Gasteiger charge is 2.02. The van der Waals surface area contributed by atoms with E-state index in [0.29, 0.717) is 0 Å². The zero-order chi connectivity index (χ0) is 6.53. The van der Waals surface area contributed by atoms with E-state index in [-0.39, 0.29) is 6.10 Å². The first-order valence-corrected chi connectivity index (χ1v) is 4.10. The third-order valence-electron chi connectivity index (χ3n) is 1.16. The van der Waals surface area contributed by atoms with Crippen LogP contribution in [0.15, 0.2) is 24.5 Å². The average Bonchev–Trinajstić information content (AvgIpc) is 1.91. The Hall–Kier alpha value is -0.240.